The zero-order valence-electron chi connectivity index (χ0n) is 21.9. The Kier molecular flexibility index (Phi) is 8.06. The predicted molar refractivity (Wildman–Crippen MR) is 160 cm³/mol. The highest BCUT2D eigenvalue weighted by atomic mass is 35.5. The first-order valence-electron chi connectivity index (χ1n) is 13.6. The van der Waals surface area contributed by atoms with Crippen LogP contribution in [0.1, 0.15) is 36.1 Å². The van der Waals surface area contributed by atoms with Crippen molar-refractivity contribution in [1.29, 1.82) is 0 Å². The Morgan fingerprint density at radius 2 is 1.54 bits per heavy atom. The standard InChI is InChI=1S/C30H33N5O2.2ClH/c36-28(33-17-13-31-14-18-33)20-34-25-9-1-2-10-26(25)35(30(34)37)23-11-15-32(16-12-23)27-19-22-7-3-5-21-6-4-8-24(27)29(21)22;;/h1-10,23,27,31H,11-20H2;2*1H/t27-;;/m1../s1. The summed E-state index contributed by atoms with van der Waals surface area (Å²) in [5.74, 6) is 0.0243. The molecule has 1 aliphatic carbocycles. The summed E-state index contributed by atoms with van der Waals surface area (Å²) in [6.45, 7) is 5.04. The van der Waals surface area contributed by atoms with E-state index in [2.05, 4.69) is 46.6 Å². The Morgan fingerprint density at radius 3 is 2.28 bits per heavy atom. The number of para-hydroxylation sites is 2. The quantitative estimate of drug-likeness (QED) is 0.402. The molecule has 1 N–H and O–H groups in total. The summed E-state index contributed by atoms with van der Waals surface area (Å²) in [5, 5.41) is 6.06. The van der Waals surface area contributed by atoms with Gasteiger partial charge in [0.25, 0.3) is 0 Å². The normalized spacial score (nSPS) is 19.7. The smallest absolute Gasteiger partial charge is 0.329 e. The lowest BCUT2D eigenvalue weighted by atomic mass is 9.99. The summed E-state index contributed by atoms with van der Waals surface area (Å²) in [6, 6.07) is 21.9. The molecule has 1 aromatic heterocycles. The van der Waals surface area contributed by atoms with E-state index in [0.29, 0.717) is 19.1 Å². The molecule has 9 heteroatoms. The van der Waals surface area contributed by atoms with Gasteiger partial charge in [0.05, 0.1) is 11.0 Å². The number of imidazole rings is 1. The van der Waals surface area contributed by atoms with Crippen molar-refractivity contribution in [2.45, 2.75) is 37.9 Å². The molecule has 3 heterocycles. The third-order valence-electron chi connectivity index (χ3n) is 8.73. The number of benzene rings is 3. The number of piperidine rings is 1. The average Bonchev–Trinajstić information content (AvgIpc) is 3.46. The highest BCUT2D eigenvalue weighted by molar-refractivity contribution is 5.91. The van der Waals surface area contributed by atoms with Gasteiger partial charge in [0.15, 0.2) is 0 Å². The van der Waals surface area contributed by atoms with E-state index in [1.54, 1.807) is 4.57 Å². The summed E-state index contributed by atoms with van der Waals surface area (Å²) in [4.78, 5) is 31.3. The number of halogens is 2. The second-order valence-corrected chi connectivity index (χ2v) is 10.7. The fraction of sp³-hybridized carbons (Fsp3) is 0.400. The molecule has 2 fully saturated rings. The summed E-state index contributed by atoms with van der Waals surface area (Å²) < 4.78 is 3.67. The van der Waals surface area contributed by atoms with Gasteiger partial charge in [-0.2, -0.15) is 0 Å². The van der Waals surface area contributed by atoms with E-state index in [0.717, 1.165) is 56.5 Å². The number of hydrogen-bond acceptors (Lipinski definition) is 4. The molecular formula is C30H35Cl2N5O2. The van der Waals surface area contributed by atoms with E-state index in [1.165, 1.54) is 21.9 Å². The van der Waals surface area contributed by atoms with Crippen LogP contribution in [0, 0.1) is 0 Å². The summed E-state index contributed by atoms with van der Waals surface area (Å²) >= 11 is 0. The van der Waals surface area contributed by atoms with E-state index in [4.69, 9.17) is 0 Å². The van der Waals surface area contributed by atoms with Gasteiger partial charge in [-0.25, -0.2) is 4.79 Å². The second-order valence-electron chi connectivity index (χ2n) is 10.7. The molecule has 1 amide bonds. The lowest BCUT2D eigenvalue weighted by molar-refractivity contribution is -0.132. The summed E-state index contributed by atoms with van der Waals surface area (Å²) in [6.07, 6.45) is 2.93. The van der Waals surface area contributed by atoms with Crippen molar-refractivity contribution in [3.63, 3.8) is 0 Å². The van der Waals surface area contributed by atoms with Crippen LogP contribution in [0.25, 0.3) is 21.8 Å². The van der Waals surface area contributed by atoms with Crippen LogP contribution < -0.4 is 11.0 Å². The minimum Gasteiger partial charge on any atom is -0.339 e. The molecule has 4 aromatic rings. The monoisotopic (exact) mass is 567 g/mol. The number of likely N-dealkylation sites (tertiary alicyclic amines) is 1. The van der Waals surface area contributed by atoms with E-state index >= 15 is 0 Å². The topological polar surface area (TPSA) is 62.5 Å². The number of carbonyl (C=O) groups excluding carboxylic acids is 1. The van der Waals surface area contributed by atoms with Crippen molar-refractivity contribution in [3.05, 3.63) is 82.3 Å². The summed E-state index contributed by atoms with van der Waals surface area (Å²) in [7, 11) is 0. The number of carbonyl (C=O) groups is 1. The molecule has 39 heavy (non-hydrogen) atoms. The first-order chi connectivity index (χ1) is 18.2. The molecule has 0 saturated carbocycles. The largest absolute Gasteiger partial charge is 0.339 e. The maximum Gasteiger partial charge on any atom is 0.329 e. The molecule has 7 nitrogen and oxygen atoms in total. The van der Waals surface area contributed by atoms with Gasteiger partial charge in [-0.1, -0.05) is 48.5 Å². The van der Waals surface area contributed by atoms with Gasteiger partial charge in [-0.05, 0) is 53.3 Å². The number of piperazine rings is 1. The lowest BCUT2D eigenvalue weighted by Gasteiger charge is -2.36. The number of amides is 1. The first kappa shape index (κ1) is 27.7. The molecule has 0 radical (unpaired) electrons. The Hall–Kier alpha value is -2.84. The number of nitrogens with one attached hydrogen (secondary N) is 1. The molecule has 1 atom stereocenters. The van der Waals surface area contributed by atoms with Crippen LogP contribution in [0.15, 0.2) is 65.5 Å². The maximum atomic E-state index is 13.7. The Morgan fingerprint density at radius 1 is 0.846 bits per heavy atom. The SMILES string of the molecule is Cl.Cl.O=C(Cn1c(=O)n(C2CCN([C@@H]3Cc4cccc5cccc3c45)CC2)c2ccccc21)N1CCNCC1. The van der Waals surface area contributed by atoms with Gasteiger partial charge in [0.1, 0.15) is 6.54 Å². The van der Waals surface area contributed by atoms with Gasteiger partial charge in [0.2, 0.25) is 5.91 Å². The van der Waals surface area contributed by atoms with Crippen molar-refractivity contribution in [3.8, 4) is 0 Å². The Labute approximate surface area is 240 Å². The Bertz CT molecular complexity index is 1550. The minimum absolute atomic E-state index is 0. The van der Waals surface area contributed by atoms with Crippen LogP contribution in [0.5, 0.6) is 0 Å². The van der Waals surface area contributed by atoms with E-state index in [9.17, 15) is 9.59 Å². The van der Waals surface area contributed by atoms with Gasteiger partial charge in [-0.15, -0.1) is 24.8 Å². The fourth-order valence-corrected chi connectivity index (χ4v) is 6.88. The predicted octanol–water partition coefficient (Wildman–Crippen LogP) is 4.17. The highest BCUT2D eigenvalue weighted by Crippen LogP contribution is 2.41. The summed E-state index contributed by atoms with van der Waals surface area (Å²) in [5.41, 5.74) is 4.65. The van der Waals surface area contributed by atoms with Crippen molar-refractivity contribution in [1.82, 2.24) is 24.3 Å². The van der Waals surface area contributed by atoms with Crippen LogP contribution in [0.3, 0.4) is 0 Å². The molecule has 0 bridgehead atoms. The molecule has 3 aromatic carbocycles. The van der Waals surface area contributed by atoms with Crippen LogP contribution in [-0.2, 0) is 17.8 Å². The molecule has 7 rings (SSSR count). The van der Waals surface area contributed by atoms with E-state index in [1.807, 2.05) is 33.7 Å². The number of aromatic nitrogens is 2. The highest BCUT2D eigenvalue weighted by Gasteiger charge is 2.33. The van der Waals surface area contributed by atoms with Gasteiger partial charge in [0, 0.05) is 51.4 Å². The molecule has 2 aliphatic heterocycles. The lowest BCUT2D eigenvalue weighted by Crippen LogP contribution is -2.48. The van der Waals surface area contributed by atoms with Crippen LogP contribution in [0.2, 0.25) is 0 Å². The van der Waals surface area contributed by atoms with Crippen LogP contribution in [0.4, 0.5) is 0 Å². The molecule has 2 saturated heterocycles. The van der Waals surface area contributed by atoms with E-state index < -0.39 is 0 Å². The zero-order valence-corrected chi connectivity index (χ0v) is 23.6. The number of rotatable bonds is 4. The van der Waals surface area contributed by atoms with Gasteiger partial charge < -0.3 is 10.2 Å². The van der Waals surface area contributed by atoms with Gasteiger partial charge >= 0.3 is 5.69 Å². The second kappa shape index (κ2) is 11.3. The number of hydrogen-bond donors (Lipinski definition) is 1. The number of fused-ring (bicyclic) bond motifs is 1. The molecule has 3 aliphatic rings. The average molecular weight is 569 g/mol. The Balaban J connectivity index is 0.00000154. The minimum atomic E-state index is -0.0545. The first-order valence-corrected chi connectivity index (χ1v) is 13.6. The zero-order chi connectivity index (χ0) is 24.9. The molecule has 0 spiro atoms. The molecule has 206 valence electrons. The number of nitrogens with zero attached hydrogens (tertiary/aromatic N) is 4. The van der Waals surface area contributed by atoms with E-state index in [-0.39, 0.29) is 49.0 Å². The third-order valence-corrected chi connectivity index (χ3v) is 8.73. The van der Waals surface area contributed by atoms with Crippen LogP contribution in [-0.4, -0.2) is 64.1 Å². The van der Waals surface area contributed by atoms with Crippen LogP contribution >= 0.6 is 24.8 Å². The molecular weight excluding hydrogens is 533 g/mol. The van der Waals surface area contributed by atoms with Crippen molar-refractivity contribution in [2.75, 3.05) is 39.3 Å². The fourth-order valence-electron chi connectivity index (χ4n) is 6.88. The third kappa shape index (κ3) is 4.76. The van der Waals surface area contributed by atoms with Gasteiger partial charge in [-0.3, -0.25) is 18.8 Å². The van der Waals surface area contributed by atoms with Crippen molar-refractivity contribution in [2.24, 2.45) is 0 Å². The maximum absolute atomic E-state index is 13.7. The van der Waals surface area contributed by atoms with Crippen molar-refractivity contribution < 1.29 is 4.79 Å². The molecule has 0 unspecified atom stereocenters. The van der Waals surface area contributed by atoms with Crippen molar-refractivity contribution >= 4 is 52.5 Å².